The Kier molecular flexibility index (Phi) is 8.12. The first-order valence-electron chi connectivity index (χ1n) is 10.3. The summed E-state index contributed by atoms with van der Waals surface area (Å²) < 4.78 is 5.18. The monoisotopic (exact) mass is 453 g/mol. The number of carbonyl (C=O) groups is 5. The zero-order chi connectivity index (χ0) is 23.6. The Morgan fingerprint density at radius 3 is 2.06 bits per heavy atom. The van der Waals surface area contributed by atoms with Gasteiger partial charge in [-0.15, -0.1) is 5.06 Å². The van der Waals surface area contributed by atoms with Crippen LogP contribution in [0.15, 0.2) is 60.7 Å². The maximum Gasteiger partial charge on any atom is 0.408 e. The molecule has 1 atom stereocenters. The molecule has 1 unspecified atom stereocenters. The van der Waals surface area contributed by atoms with Crippen LogP contribution in [0.4, 0.5) is 4.79 Å². The predicted molar refractivity (Wildman–Crippen MR) is 114 cm³/mol. The van der Waals surface area contributed by atoms with Crippen LogP contribution >= 0.6 is 0 Å². The summed E-state index contributed by atoms with van der Waals surface area (Å²) in [6.07, 6.45) is -0.726. The minimum atomic E-state index is -1.04. The van der Waals surface area contributed by atoms with E-state index in [0.29, 0.717) is 5.06 Å². The number of benzene rings is 2. The van der Waals surface area contributed by atoms with E-state index in [1.165, 1.54) is 0 Å². The van der Waals surface area contributed by atoms with Gasteiger partial charge in [0.2, 0.25) is 5.91 Å². The molecule has 4 amide bonds. The molecular weight excluding hydrogens is 430 g/mol. The van der Waals surface area contributed by atoms with Crippen molar-refractivity contribution in [1.29, 1.82) is 0 Å². The Balaban J connectivity index is 1.56. The maximum absolute atomic E-state index is 12.7. The average Bonchev–Trinajstić information content (AvgIpc) is 3.14. The van der Waals surface area contributed by atoms with E-state index in [-0.39, 0.29) is 25.9 Å². The standard InChI is InChI=1S/C23H23N3O7/c27-19-11-12-20(28)26(19)33-21(29)14-24-22(30)18(13-16-7-3-1-4-8-16)25-23(31)32-15-17-9-5-2-6-10-17/h1-10,18H,11-15H2,(H,24,30)(H,25,31). The molecule has 0 saturated carbocycles. The summed E-state index contributed by atoms with van der Waals surface area (Å²) in [4.78, 5) is 64.7. The van der Waals surface area contributed by atoms with Crippen LogP contribution < -0.4 is 10.6 Å². The normalized spacial score (nSPS) is 13.9. The first-order valence-corrected chi connectivity index (χ1v) is 10.3. The van der Waals surface area contributed by atoms with Gasteiger partial charge in [0, 0.05) is 19.3 Å². The smallest absolute Gasteiger partial charge is 0.408 e. The molecule has 1 heterocycles. The molecule has 1 aliphatic heterocycles. The van der Waals surface area contributed by atoms with E-state index in [4.69, 9.17) is 9.57 Å². The van der Waals surface area contributed by atoms with Crippen molar-refractivity contribution in [3.8, 4) is 0 Å². The number of hydrogen-bond donors (Lipinski definition) is 2. The van der Waals surface area contributed by atoms with Crippen molar-refractivity contribution >= 4 is 29.8 Å². The fraction of sp³-hybridized carbons (Fsp3) is 0.261. The van der Waals surface area contributed by atoms with Crippen LogP contribution in [-0.4, -0.2) is 47.4 Å². The molecule has 3 rings (SSSR count). The Morgan fingerprint density at radius 2 is 1.45 bits per heavy atom. The van der Waals surface area contributed by atoms with Gasteiger partial charge in [0.1, 0.15) is 19.2 Å². The largest absolute Gasteiger partial charge is 0.445 e. The molecule has 10 heteroatoms. The third-order valence-corrected chi connectivity index (χ3v) is 4.71. The third kappa shape index (κ3) is 7.17. The topological polar surface area (TPSA) is 131 Å². The fourth-order valence-corrected chi connectivity index (χ4v) is 3.04. The van der Waals surface area contributed by atoms with Crippen molar-refractivity contribution in [2.75, 3.05) is 6.54 Å². The van der Waals surface area contributed by atoms with Crippen molar-refractivity contribution in [2.45, 2.75) is 31.9 Å². The Hall–Kier alpha value is -4.21. The van der Waals surface area contributed by atoms with E-state index in [1.807, 2.05) is 24.3 Å². The lowest BCUT2D eigenvalue weighted by molar-refractivity contribution is -0.196. The van der Waals surface area contributed by atoms with Gasteiger partial charge in [-0.05, 0) is 11.1 Å². The molecular formula is C23H23N3O7. The minimum absolute atomic E-state index is 0.0244. The summed E-state index contributed by atoms with van der Waals surface area (Å²) in [5.41, 5.74) is 1.56. The number of hydrogen-bond acceptors (Lipinski definition) is 7. The van der Waals surface area contributed by atoms with E-state index in [9.17, 15) is 24.0 Å². The van der Waals surface area contributed by atoms with E-state index in [0.717, 1.165) is 11.1 Å². The number of nitrogens with one attached hydrogen (secondary N) is 2. The molecule has 0 spiro atoms. The molecule has 2 aromatic carbocycles. The van der Waals surface area contributed by atoms with Gasteiger partial charge in [0.25, 0.3) is 11.8 Å². The highest BCUT2D eigenvalue weighted by atomic mass is 16.7. The van der Waals surface area contributed by atoms with Crippen molar-refractivity contribution in [2.24, 2.45) is 0 Å². The van der Waals surface area contributed by atoms with E-state index >= 15 is 0 Å². The number of imide groups is 1. The quantitative estimate of drug-likeness (QED) is 0.546. The van der Waals surface area contributed by atoms with E-state index < -0.39 is 42.4 Å². The molecule has 33 heavy (non-hydrogen) atoms. The van der Waals surface area contributed by atoms with Crippen molar-refractivity contribution in [1.82, 2.24) is 15.7 Å². The molecule has 2 N–H and O–H groups in total. The van der Waals surface area contributed by atoms with Gasteiger partial charge in [-0.1, -0.05) is 60.7 Å². The van der Waals surface area contributed by atoms with Crippen molar-refractivity contribution in [3.63, 3.8) is 0 Å². The fourth-order valence-electron chi connectivity index (χ4n) is 3.04. The Bertz CT molecular complexity index is 995. The summed E-state index contributed by atoms with van der Waals surface area (Å²) in [7, 11) is 0. The second-order valence-electron chi connectivity index (χ2n) is 7.21. The number of amides is 4. The molecule has 1 saturated heterocycles. The molecule has 1 aliphatic rings. The molecule has 1 fully saturated rings. The predicted octanol–water partition coefficient (Wildman–Crippen LogP) is 1.25. The van der Waals surface area contributed by atoms with Crippen LogP contribution in [0.3, 0.4) is 0 Å². The molecule has 0 bridgehead atoms. The maximum atomic E-state index is 12.7. The SMILES string of the molecule is O=C(CNC(=O)C(Cc1ccccc1)NC(=O)OCc1ccccc1)ON1C(=O)CCC1=O. The summed E-state index contributed by atoms with van der Waals surface area (Å²) in [5.74, 6) is -2.89. The Morgan fingerprint density at radius 1 is 0.879 bits per heavy atom. The summed E-state index contributed by atoms with van der Waals surface area (Å²) in [6, 6.07) is 17.0. The molecule has 0 aromatic heterocycles. The van der Waals surface area contributed by atoms with Crippen LogP contribution in [0.1, 0.15) is 24.0 Å². The van der Waals surface area contributed by atoms with Crippen LogP contribution in [0, 0.1) is 0 Å². The number of ether oxygens (including phenoxy) is 1. The Labute approximate surface area is 189 Å². The highest BCUT2D eigenvalue weighted by Gasteiger charge is 2.33. The van der Waals surface area contributed by atoms with Gasteiger partial charge in [-0.25, -0.2) is 9.59 Å². The zero-order valence-electron chi connectivity index (χ0n) is 17.7. The summed E-state index contributed by atoms with van der Waals surface area (Å²) in [5, 5.41) is 5.25. The van der Waals surface area contributed by atoms with Gasteiger partial charge < -0.3 is 20.2 Å². The third-order valence-electron chi connectivity index (χ3n) is 4.71. The molecule has 172 valence electrons. The first kappa shape index (κ1) is 23.5. The van der Waals surface area contributed by atoms with Gasteiger partial charge >= 0.3 is 12.1 Å². The lowest BCUT2D eigenvalue weighted by Crippen LogP contribution is -2.49. The number of nitrogens with zero attached hydrogens (tertiary/aromatic N) is 1. The summed E-state index contributed by atoms with van der Waals surface area (Å²) >= 11 is 0. The molecule has 10 nitrogen and oxygen atoms in total. The lowest BCUT2D eigenvalue weighted by Gasteiger charge is -2.19. The van der Waals surface area contributed by atoms with Gasteiger partial charge in [-0.3, -0.25) is 14.4 Å². The van der Waals surface area contributed by atoms with Gasteiger partial charge in [0.05, 0.1) is 0 Å². The lowest BCUT2D eigenvalue weighted by atomic mass is 10.1. The average molecular weight is 453 g/mol. The van der Waals surface area contributed by atoms with E-state index in [2.05, 4.69) is 10.6 Å². The molecule has 2 aromatic rings. The second-order valence-corrected chi connectivity index (χ2v) is 7.21. The minimum Gasteiger partial charge on any atom is -0.445 e. The molecule has 0 radical (unpaired) electrons. The number of alkyl carbamates (subject to hydrolysis) is 1. The summed E-state index contributed by atoms with van der Waals surface area (Å²) in [6.45, 7) is -0.571. The molecule has 0 aliphatic carbocycles. The van der Waals surface area contributed by atoms with E-state index in [1.54, 1.807) is 36.4 Å². The van der Waals surface area contributed by atoms with Gasteiger partial charge in [0.15, 0.2) is 0 Å². The van der Waals surface area contributed by atoms with Gasteiger partial charge in [-0.2, -0.15) is 0 Å². The second kappa shape index (κ2) is 11.4. The van der Waals surface area contributed by atoms with Crippen LogP contribution in [0.25, 0.3) is 0 Å². The number of rotatable bonds is 9. The van der Waals surface area contributed by atoms with Crippen LogP contribution in [0.5, 0.6) is 0 Å². The zero-order valence-corrected chi connectivity index (χ0v) is 17.7. The van der Waals surface area contributed by atoms with Crippen LogP contribution in [0.2, 0.25) is 0 Å². The number of hydroxylamine groups is 2. The van der Waals surface area contributed by atoms with Crippen LogP contribution in [-0.2, 0) is 41.8 Å². The first-order chi connectivity index (χ1) is 15.9. The number of carbonyl (C=O) groups excluding carboxylic acids is 5. The van der Waals surface area contributed by atoms with Crippen molar-refractivity contribution in [3.05, 3.63) is 71.8 Å². The highest BCUT2D eigenvalue weighted by Crippen LogP contribution is 2.12. The highest BCUT2D eigenvalue weighted by molar-refractivity contribution is 6.01. The van der Waals surface area contributed by atoms with Crippen molar-refractivity contribution < 1.29 is 33.5 Å².